The Kier molecular flexibility index (Phi) is 4.66. The molecular formula is C28H26N4. The fourth-order valence-electron chi connectivity index (χ4n) is 4.91. The van der Waals surface area contributed by atoms with E-state index in [0.29, 0.717) is 6.04 Å². The Morgan fingerprint density at radius 1 is 0.875 bits per heavy atom. The zero-order valence-corrected chi connectivity index (χ0v) is 18.2. The SMILES string of the molecule is CC1Cc2cc(-n3ccnc3)ccc2CN1Cc1cccc(-n2ccc3ccccc32)c1. The van der Waals surface area contributed by atoms with Crippen molar-refractivity contribution in [3.8, 4) is 11.4 Å². The summed E-state index contributed by atoms with van der Waals surface area (Å²) in [5.74, 6) is 0. The Hall–Kier alpha value is -3.63. The minimum Gasteiger partial charge on any atom is -0.317 e. The number of hydrogen-bond acceptors (Lipinski definition) is 2. The summed E-state index contributed by atoms with van der Waals surface area (Å²) < 4.78 is 4.36. The quantitative estimate of drug-likeness (QED) is 0.371. The van der Waals surface area contributed by atoms with Crippen LogP contribution in [0.25, 0.3) is 22.3 Å². The highest BCUT2D eigenvalue weighted by atomic mass is 15.2. The van der Waals surface area contributed by atoms with Gasteiger partial charge in [-0.3, -0.25) is 4.90 Å². The van der Waals surface area contributed by atoms with Gasteiger partial charge in [0.15, 0.2) is 0 Å². The maximum absolute atomic E-state index is 4.18. The predicted octanol–water partition coefficient (Wildman–Crippen LogP) is 5.76. The third kappa shape index (κ3) is 3.43. The molecule has 0 saturated carbocycles. The van der Waals surface area contributed by atoms with Crippen molar-refractivity contribution in [1.29, 1.82) is 0 Å². The van der Waals surface area contributed by atoms with Gasteiger partial charge in [-0.1, -0.05) is 36.4 Å². The lowest BCUT2D eigenvalue weighted by molar-refractivity contribution is 0.175. The first-order valence-corrected chi connectivity index (χ1v) is 11.2. The normalized spacial score (nSPS) is 16.3. The molecule has 4 heteroatoms. The van der Waals surface area contributed by atoms with Crippen molar-refractivity contribution >= 4 is 10.9 Å². The molecule has 1 unspecified atom stereocenters. The van der Waals surface area contributed by atoms with E-state index >= 15 is 0 Å². The molecule has 6 rings (SSSR count). The lowest BCUT2D eigenvalue weighted by Crippen LogP contribution is -2.37. The molecule has 0 bridgehead atoms. The topological polar surface area (TPSA) is 26.0 Å². The molecule has 2 aromatic heterocycles. The van der Waals surface area contributed by atoms with E-state index in [1.807, 2.05) is 18.7 Å². The molecule has 0 spiro atoms. The number of imidazole rings is 1. The maximum atomic E-state index is 4.18. The number of rotatable bonds is 4. The molecule has 1 aliphatic heterocycles. The molecule has 32 heavy (non-hydrogen) atoms. The number of benzene rings is 3. The average molecular weight is 419 g/mol. The fraction of sp³-hybridized carbons (Fsp3) is 0.179. The van der Waals surface area contributed by atoms with Crippen molar-refractivity contribution in [2.75, 3.05) is 0 Å². The Bertz CT molecular complexity index is 1380. The van der Waals surface area contributed by atoms with Crippen LogP contribution in [0, 0.1) is 0 Å². The van der Waals surface area contributed by atoms with Crippen LogP contribution >= 0.6 is 0 Å². The van der Waals surface area contributed by atoms with Crippen LogP contribution in [0.15, 0.2) is 97.7 Å². The summed E-state index contributed by atoms with van der Waals surface area (Å²) in [5, 5.41) is 1.27. The highest BCUT2D eigenvalue weighted by Crippen LogP contribution is 2.28. The summed E-state index contributed by atoms with van der Waals surface area (Å²) in [4.78, 5) is 6.77. The van der Waals surface area contributed by atoms with Gasteiger partial charge in [0, 0.05) is 49.1 Å². The van der Waals surface area contributed by atoms with Gasteiger partial charge >= 0.3 is 0 Å². The first-order valence-electron chi connectivity index (χ1n) is 11.2. The number of para-hydroxylation sites is 1. The smallest absolute Gasteiger partial charge is 0.0991 e. The molecule has 158 valence electrons. The highest BCUT2D eigenvalue weighted by Gasteiger charge is 2.23. The molecule has 1 aliphatic rings. The van der Waals surface area contributed by atoms with E-state index in [1.165, 1.54) is 39.0 Å². The van der Waals surface area contributed by atoms with Crippen molar-refractivity contribution in [2.45, 2.75) is 32.5 Å². The van der Waals surface area contributed by atoms with Crippen LogP contribution in [-0.2, 0) is 19.5 Å². The average Bonchev–Trinajstić information content (AvgIpc) is 3.50. The summed E-state index contributed by atoms with van der Waals surface area (Å²) in [6.07, 6.45) is 8.93. The molecule has 0 saturated heterocycles. The molecule has 1 atom stereocenters. The summed E-state index contributed by atoms with van der Waals surface area (Å²) in [5.41, 5.74) is 7.89. The van der Waals surface area contributed by atoms with Gasteiger partial charge < -0.3 is 9.13 Å². The molecule has 3 heterocycles. The molecule has 3 aromatic carbocycles. The van der Waals surface area contributed by atoms with E-state index < -0.39 is 0 Å². The maximum Gasteiger partial charge on any atom is 0.0991 e. The van der Waals surface area contributed by atoms with Crippen molar-refractivity contribution in [2.24, 2.45) is 0 Å². The molecule has 0 aliphatic carbocycles. The molecule has 4 nitrogen and oxygen atoms in total. The molecule has 0 fully saturated rings. The lowest BCUT2D eigenvalue weighted by atomic mass is 9.93. The molecule has 0 amide bonds. The second-order valence-electron chi connectivity index (χ2n) is 8.80. The molecule has 0 N–H and O–H groups in total. The first-order chi connectivity index (χ1) is 15.7. The van der Waals surface area contributed by atoms with Gasteiger partial charge in [0.25, 0.3) is 0 Å². The molecule has 0 radical (unpaired) electrons. The molecular weight excluding hydrogens is 392 g/mol. The van der Waals surface area contributed by atoms with E-state index in [-0.39, 0.29) is 0 Å². The van der Waals surface area contributed by atoms with E-state index in [2.05, 4.69) is 105 Å². The first kappa shape index (κ1) is 19.1. The Morgan fingerprint density at radius 2 is 1.81 bits per heavy atom. The largest absolute Gasteiger partial charge is 0.317 e. The Balaban J connectivity index is 1.25. The predicted molar refractivity (Wildman–Crippen MR) is 129 cm³/mol. The van der Waals surface area contributed by atoms with E-state index in [0.717, 1.165) is 19.5 Å². The summed E-state index contributed by atoms with van der Waals surface area (Å²) in [7, 11) is 0. The van der Waals surface area contributed by atoms with Gasteiger partial charge in [0.05, 0.1) is 11.8 Å². The minimum absolute atomic E-state index is 0.497. The third-order valence-corrected chi connectivity index (χ3v) is 6.68. The fourth-order valence-corrected chi connectivity index (χ4v) is 4.91. The van der Waals surface area contributed by atoms with E-state index in [1.54, 1.807) is 0 Å². The van der Waals surface area contributed by atoms with Crippen LogP contribution in [0.1, 0.15) is 23.6 Å². The van der Waals surface area contributed by atoms with Gasteiger partial charge in [-0.15, -0.1) is 0 Å². The van der Waals surface area contributed by atoms with Crippen molar-refractivity contribution in [1.82, 2.24) is 19.0 Å². The van der Waals surface area contributed by atoms with Crippen LogP contribution in [0.4, 0.5) is 0 Å². The third-order valence-electron chi connectivity index (χ3n) is 6.68. The van der Waals surface area contributed by atoms with Crippen LogP contribution in [0.5, 0.6) is 0 Å². The molecule has 5 aromatic rings. The number of nitrogens with zero attached hydrogens (tertiary/aromatic N) is 4. The van der Waals surface area contributed by atoms with Gasteiger partial charge in [-0.2, -0.15) is 0 Å². The van der Waals surface area contributed by atoms with E-state index in [9.17, 15) is 0 Å². The Morgan fingerprint density at radius 3 is 2.72 bits per heavy atom. The van der Waals surface area contributed by atoms with Crippen LogP contribution in [0.3, 0.4) is 0 Å². The number of hydrogen-bond donors (Lipinski definition) is 0. The van der Waals surface area contributed by atoms with Crippen molar-refractivity contribution in [3.05, 3.63) is 114 Å². The van der Waals surface area contributed by atoms with Gasteiger partial charge in [0.1, 0.15) is 0 Å². The summed E-state index contributed by atoms with van der Waals surface area (Å²) in [6.45, 7) is 4.28. The van der Waals surface area contributed by atoms with Crippen LogP contribution in [0.2, 0.25) is 0 Å². The second-order valence-corrected chi connectivity index (χ2v) is 8.80. The van der Waals surface area contributed by atoms with Crippen LogP contribution in [-0.4, -0.2) is 25.1 Å². The van der Waals surface area contributed by atoms with Gasteiger partial charge in [-0.05, 0) is 71.8 Å². The number of fused-ring (bicyclic) bond motifs is 2. The second kappa shape index (κ2) is 7.81. The summed E-state index contributed by atoms with van der Waals surface area (Å²) in [6, 6.07) is 27.0. The monoisotopic (exact) mass is 418 g/mol. The number of aromatic nitrogens is 3. The standard InChI is InChI=1S/C28H26N4/c1-21-15-25-17-26(30-14-12-29-20-30)10-9-24(25)19-31(21)18-22-5-4-7-27(16-22)32-13-11-23-6-2-3-8-28(23)32/h2-14,16-17,20-21H,15,18-19H2,1H3. The van der Waals surface area contributed by atoms with Gasteiger partial charge in [0.2, 0.25) is 0 Å². The Labute approximate surface area is 188 Å². The minimum atomic E-state index is 0.497. The zero-order valence-electron chi connectivity index (χ0n) is 18.2. The zero-order chi connectivity index (χ0) is 21.5. The van der Waals surface area contributed by atoms with E-state index in [4.69, 9.17) is 0 Å². The van der Waals surface area contributed by atoms with Crippen LogP contribution < -0.4 is 0 Å². The summed E-state index contributed by atoms with van der Waals surface area (Å²) >= 11 is 0. The van der Waals surface area contributed by atoms with Crippen molar-refractivity contribution in [3.63, 3.8) is 0 Å². The van der Waals surface area contributed by atoms with Crippen molar-refractivity contribution < 1.29 is 0 Å². The highest BCUT2D eigenvalue weighted by molar-refractivity contribution is 5.81. The lowest BCUT2D eigenvalue weighted by Gasteiger charge is -2.35. The van der Waals surface area contributed by atoms with Gasteiger partial charge in [-0.25, -0.2) is 4.98 Å².